The van der Waals surface area contributed by atoms with Gasteiger partial charge in [0.1, 0.15) is 0 Å². The molecule has 1 aliphatic carbocycles. The molecule has 0 atom stereocenters. The summed E-state index contributed by atoms with van der Waals surface area (Å²) in [5, 5.41) is 10.3. The quantitative estimate of drug-likeness (QED) is 0.795. The van der Waals surface area contributed by atoms with Gasteiger partial charge in [-0.05, 0) is 26.7 Å². The van der Waals surface area contributed by atoms with Crippen LogP contribution >= 0.6 is 11.8 Å². The zero-order valence-corrected chi connectivity index (χ0v) is 11.9. The smallest absolute Gasteiger partial charge is 0.232 e. The summed E-state index contributed by atoms with van der Waals surface area (Å²) in [7, 11) is 0. The number of rotatable bonds is 6. The maximum absolute atomic E-state index is 11.8. The first-order valence-electron chi connectivity index (χ1n) is 6.69. The third-order valence-electron chi connectivity index (χ3n) is 3.50. The third-order valence-corrected chi connectivity index (χ3v) is 4.69. The highest BCUT2D eigenvalue weighted by Crippen LogP contribution is 2.30. The summed E-state index contributed by atoms with van der Waals surface area (Å²) in [6, 6.07) is 0. The normalized spacial score (nSPS) is 19.0. The van der Waals surface area contributed by atoms with E-state index in [1.54, 1.807) is 11.8 Å². The van der Waals surface area contributed by atoms with Crippen LogP contribution in [0.1, 0.15) is 46.0 Å². The van der Waals surface area contributed by atoms with Gasteiger partial charge in [0.25, 0.3) is 0 Å². The number of hydrogen-bond donors (Lipinski definition) is 1. The molecule has 1 rings (SSSR count). The van der Waals surface area contributed by atoms with Crippen molar-refractivity contribution in [1.29, 1.82) is 0 Å². The van der Waals surface area contributed by atoms with E-state index in [4.69, 9.17) is 0 Å². The molecule has 0 aromatic rings. The highest BCUT2D eigenvalue weighted by Gasteiger charge is 2.29. The second kappa shape index (κ2) is 7.27. The molecule has 1 aliphatic rings. The summed E-state index contributed by atoms with van der Waals surface area (Å²) >= 11 is 1.58. The van der Waals surface area contributed by atoms with E-state index < -0.39 is 5.60 Å². The van der Waals surface area contributed by atoms with Gasteiger partial charge < -0.3 is 10.0 Å². The van der Waals surface area contributed by atoms with Gasteiger partial charge in [-0.2, -0.15) is 0 Å². The Balaban J connectivity index is 2.24. The van der Waals surface area contributed by atoms with Crippen LogP contribution in [0.25, 0.3) is 0 Å². The molecule has 0 aliphatic heterocycles. The molecule has 3 nitrogen and oxygen atoms in total. The number of thioether (sulfide) groups is 1. The van der Waals surface area contributed by atoms with Gasteiger partial charge in [0.05, 0.1) is 11.4 Å². The van der Waals surface area contributed by atoms with Crippen LogP contribution in [0.4, 0.5) is 0 Å². The minimum Gasteiger partial charge on any atom is -0.389 e. The van der Waals surface area contributed by atoms with Crippen molar-refractivity contribution in [2.45, 2.75) is 51.6 Å². The van der Waals surface area contributed by atoms with Gasteiger partial charge >= 0.3 is 0 Å². The van der Waals surface area contributed by atoms with Crippen LogP contribution in [-0.4, -0.2) is 46.1 Å². The van der Waals surface area contributed by atoms with Crippen LogP contribution in [0, 0.1) is 0 Å². The summed E-state index contributed by atoms with van der Waals surface area (Å²) in [5.74, 6) is 1.41. The van der Waals surface area contributed by atoms with Gasteiger partial charge in [-0.1, -0.05) is 19.3 Å². The Labute approximate surface area is 109 Å². The Kier molecular flexibility index (Phi) is 6.34. The van der Waals surface area contributed by atoms with Crippen molar-refractivity contribution in [3.8, 4) is 0 Å². The zero-order chi connectivity index (χ0) is 12.7. The first-order valence-corrected chi connectivity index (χ1v) is 7.84. The number of carbonyl (C=O) groups excluding carboxylic acids is 1. The number of amides is 1. The van der Waals surface area contributed by atoms with E-state index in [1.165, 1.54) is 6.42 Å². The van der Waals surface area contributed by atoms with Gasteiger partial charge in [-0.15, -0.1) is 11.8 Å². The Morgan fingerprint density at radius 3 is 2.35 bits per heavy atom. The van der Waals surface area contributed by atoms with Gasteiger partial charge in [0, 0.05) is 18.8 Å². The first kappa shape index (κ1) is 14.8. The fourth-order valence-corrected chi connectivity index (χ4v) is 3.48. The molecule has 1 amide bonds. The zero-order valence-electron chi connectivity index (χ0n) is 11.1. The van der Waals surface area contributed by atoms with Crippen LogP contribution < -0.4 is 0 Å². The summed E-state index contributed by atoms with van der Waals surface area (Å²) in [6.45, 7) is 5.56. The largest absolute Gasteiger partial charge is 0.389 e. The van der Waals surface area contributed by atoms with Crippen LogP contribution in [0.2, 0.25) is 0 Å². The van der Waals surface area contributed by atoms with E-state index in [9.17, 15) is 9.90 Å². The minimum atomic E-state index is -0.507. The van der Waals surface area contributed by atoms with E-state index in [0.717, 1.165) is 38.8 Å². The molecular weight excluding hydrogens is 234 g/mol. The molecule has 0 aromatic heterocycles. The molecule has 0 saturated heterocycles. The molecule has 0 heterocycles. The maximum Gasteiger partial charge on any atom is 0.232 e. The second-order valence-corrected chi connectivity index (χ2v) is 5.83. The average molecular weight is 259 g/mol. The maximum atomic E-state index is 11.8. The van der Waals surface area contributed by atoms with Crippen molar-refractivity contribution in [3.63, 3.8) is 0 Å². The van der Waals surface area contributed by atoms with Crippen LogP contribution in [0.15, 0.2) is 0 Å². The summed E-state index contributed by atoms with van der Waals surface area (Å²) in [6.07, 6.45) is 5.30. The van der Waals surface area contributed by atoms with Crippen molar-refractivity contribution in [1.82, 2.24) is 4.90 Å². The van der Waals surface area contributed by atoms with Crippen molar-refractivity contribution in [3.05, 3.63) is 0 Å². The van der Waals surface area contributed by atoms with Crippen LogP contribution in [0.5, 0.6) is 0 Å². The molecular formula is C13H25NO2S. The molecule has 4 heteroatoms. The predicted octanol–water partition coefficient (Wildman–Crippen LogP) is 2.28. The van der Waals surface area contributed by atoms with Crippen molar-refractivity contribution >= 4 is 17.7 Å². The third kappa shape index (κ3) is 4.88. The Hall–Kier alpha value is -0.220. The van der Waals surface area contributed by atoms with E-state index in [-0.39, 0.29) is 5.91 Å². The topological polar surface area (TPSA) is 40.5 Å². The van der Waals surface area contributed by atoms with Crippen molar-refractivity contribution in [2.75, 3.05) is 24.6 Å². The summed E-state index contributed by atoms with van der Waals surface area (Å²) in [5.41, 5.74) is -0.507. The van der Waals surface area contributed by atoms with E-state index in [1.807, 2.05) is 18.7 Å². The highest BCUT2D eigenvalue weighted by molar-refractivity contribution is 8.00. The Morgan fingerprint density at radius 2 is 1.82 bits per heavy atom. The van der Waals surface area contributed by atoms with E-state index in [2.05, 4.69) is 0 Å². The fourth-order valence-electron chi connectivity index (χ4n) is 2.35. The van der Waals surface area contributed by atoms with Crippen LogP contribution in [-0.2, 0) is 4.79 Å². The lowest BCUT2D eigenvalue weighted by Crippen LogP contribution is -2.36. The van der Waals surface area contributed by atoms with Crippen LogP contribution in [0.3, 0.4) is 0 Å². The predicted molar refractivity (Wildman–Crippen MR) is 73.3 cm³/mol. The lowest BCUT2D eigenvalue weighted by molar-refractivity contribution is -0.127. The molecule has 1 saturated carbocycles. The van der Waals surface area contributed by atoms with E-state index in [0.29, 0.717) is 11.5 Å². The van der Waals surface area contributed by atoms with E-state index >= 15 is 0 Å². The summed E-state index contributed by atoms with van der Waals surface area (Å²) < 4.78 is 0. The highest BCUT2D eigenvalue weighted by atomic mass is 32.2. The average Bonchev–Trinajstić information content (AvgIpc) is 2.31. The number of aliphatic hydroxyl groups is 1. The van der Waals surface area contributed by atoms with Crippen molar-refractivity contribution in [2.24, 2.45) is 0 Å². The van der Waals surface area contributed by atoms with Crippen molar-refractivity contribution < 1.29 is 9.90 Å². The molecule has 0 spiro atoms. The molecule has 1 N–H and O–H groups in total. The molecule has 0 aromatic carbocycles. The molecule has 1 fully saturated rings. The molecule has 17 heavy (non-hydrogen) atoms. The summed E-state index contributed by atoms with van der Waals surface area (Å²) in [4.78, 5) is 13.6. The first-order chi connectivity index (χ1) is 8.11. The number of hydrogen-bond acceptors (Lipinski definition) is 3. The fraction of sp³-hybridized carbons (Fsp3) is 0.923. The number of nitrogens with zero attached hydrogens (tertiary/aromatic N) is 1. The van der Waals surface area contributed by atoms with Gasteiger partial charge in [-0.3, -0.25) is 4.79 Å². The molecule has 100 valence electrons. The lowest BCUT2D eigenvalue weighted by atomic mass is 9.86. The van der Waals surface area contributed by atoms with Gasteiger partial charge in [-0.25, -0.2) is 0 Å². The molecule has 0 radical (unpaired) electrons. The molecule has 0 unspecified atom stereocenters. The number of carbonyl (C=O) groups is 1. The standard InChI is InChI=1S/C13H25NO2S/c1-3-14(4-2)12(15)10-17-11-13(16)8-6-5-7-9-13/h16H,3-11H2,1-2H3. The second-order valence-electron chi connectivity index (χ2n) is 4.84. The Morgan fingerprint density at radius 1 is 1.24 bits per heavy atom. The van der Waals surface area contributed by atoms with Gasteiger partial charge in [0.15, 0.2) is 0 Å². The SMILES string of the molecule is CCN(CC)C(=O)CSCC1(O)CCCCC1. The minimum absolute atomic E-state index is 0.194. The molecule has 0 bridgehead atoms. The lowest BCUT2D eigenvalue weighted by Gasteiger charge is -2.31. The monoisotopic (exact) mass is 259 g/mol. The Bertz CT molecular complexity index is 236. The van der Waals surface area contributed by atoms with Gasteiger partial charge in [0.2, 0.25) is 5.91 Å².